The van der Waals surface area contributed by atoms with E-state index in [9.17, 15) is 9.90 Å². The van der Waals surface area contributed by atoms with Gasteiger partial charge in [-0.15, -0.1) is 9.78 Å². The van der Waals surface area contributed by atoms with Crippen LogP contribution in [0.15, 0.2) is 59.7 Å². The fraction of sp³-hybridized carbons (Fsp3) is 0.231. The van der Waals surface area contributed by atoms with Crippen molar-refractivity contribution in [2.45, 2.75) is 26.0 Å². The predicted molar refractivity (Wildman–Crippen MR) is 146 cm³/mol. The van der Waals surface area contributed by atoms with Gasteiger partial charge in [0.1, 0.15) is 24.2 Å². The molecule has 216 valence electrons. The number of H-pyrrole nitrogens is 1. The van der Waals surface area contributed by atoms with Crippen molar-refractivity contribution in [1.29, 1.82) is 5.41 Å². The van der Waals surface area contributed by atoms with Crippen LogP contribution in [0.3, 0.4) is 0 Å². The van der Waals surface area contributed by atoms with Crippen LogP contribution in [-0.2, 0) is 4.79 Å². The number of amidine groups is 1. The molecule has 0 saturated heterocycles. The minimum absolute atomic E-state index is 0.0339. The standard InChI is InChI=1S/C24H25FN8O4.C2H4O2/c1-13(34)12-37-18-11-16(36-2)10-17(19(18)25)20(30-15-6-4-14(5-7-15)21(26)27)22-31-24(35)33(32-22)23-28-8-3-9-29-23;1-2(3)4/h3-11,13,20,30,34H,12H2,1-2H3,(H3,26,27)(H,31,32,35);1H3,(H,3,4)/t13-,20?;/m0./s1. The third-order valence-corrected chi connectivity index (χ3v) is 5.22. The van der Waals surface area contributed by atoms with Crippen LogP contribution in [0.1, 0.15) is 36.8 Å². The summed E-state index contributed by atoms with van der Waals surface area (Å²) >= 11 is 0. The number of nitrogens with one attached hydrogen (secondary N) is 3. The number of nitrogens with zero attached hydrogens (tertiary/aromatic N) is 4. The van der Waals surface area contributed by atoms with Crippen molar-refractivity contribution in [3.63, 3.8) is 0 Å². The van der Waals surface area contributed by atoms with Crippen molar-refractivity contribution in [1.82, 2.24) is 24.7 Å². The number of carbonyl (C=O) groups is 1. The van der Waals surface area contributed by atoms with Gasteiger partial charge in [-0.1, -0.05) is 0 Å². The fourth-order valence-corrected chi connectivity index (χ4v) is 3.45. The van der Waals surface area contributed by atoms with Crippen molar-refractivity contribution in [3.8, 4) is 17.4 Å². The zero-order chi connectivity index (χ0) is 30.1. The second-order valence-corrected chi connectivity index (χ2v) is 8.55. The van der Waals surface area contributed by atoms with E-state index in [0.29, 0.717) is 11.3 Å². The SMILES string of the molecule is CC(=O)O.COc1cc(OC[C@H](C)O)c(F)c(C(Nc2ccc(C(=N)N)cc2)c2nn(-c3ncccn3)c(=O)[nH]2)c1. The number of hydrogen-bond donors (Lipinski definition) is 6. The van der Waals surface area contributed by atoms with Gasteiger partial charge in [0.2, 0.25) is 0 Å². The molecule has 4 rings (SSSR count). The molecule has 14 nitrogen and oxygen atoms in total. The Morgan fingerprint density at radius 1 is 1.24 bits per heavy atom. The molecule has 0 radical (unpaired) electrons. The molecule has 2 aromatic heterocycles. The van der Waals surface area contributed by atoms with E-state index in [1.807, 2.05) is 0 Å². The van der Waals surface area contributed by atoms with Crippen LogP contribution in [-0.4, -0.2) is 66.6 Å². The van der Waals surface area contributed by atoms with Crippen LogP contribution in [0.4, 0.5) is 10.1 Å². The molecule has 2 aromatic carbocycles. The first-order valence-electron chi connectivity index (χ1n) is 12.1. The summed E-state index contributed by atoms with van der Waals surface area (Å²) in [4.78, 5) is 32.5. The zero-order valence-electron chi connectivity index (χ0n) is 22.3. The second kappa shape index (κ2) is 13.7. The summed E-state index contributed by atoms with van der Waals surface area (Å²) in [5.74, 6) is -1.46. The fourth-order valence-electron chi connectivity index (χ4n) is 3.45. The molecule has 0 saturated carbocycles. The molecule has 41 heavy (non-hydrogen) atoms. The first kappa shape index (κ1) is 30.2. The quantitative estimate of drug-likeness (QED) is 0.120. The molecule has 2 atom stereocenters. The maximum atomic E-state index is 15.8. The van der Waals surface area contributed by atoms with Gasteiger partial charge in [-0.2, -0.15) is 0 Å². The minimum Gasteiger partial charge on any atom is -0.497 e. The van der Waals surface area contributed by atoms with Gasteiger partial charge in [-0.25, -0.2) is 19.2 Å². The first-order chi connectivity index (χ1) is 19.5. The zero-order valence-corrected chi connectivity index (χ0v) is 22.3. The molecule has 0 spiro atoms. The maximum Gasteiger partial charge on any atom is 0.350 e. The van der Waals surface area contributed by atoms with Crippen LogP contribution in [0.5, 0.6) is 11.5 Å². The van der Waals surface area contributed by atoms with Gasteiger partial charge in [-0.05, 0) is 43.3 Å². The lowest BCUT2D eigenvalue weighted by Gasteiger charge is -2.21. The van der Waals surface area contributed by atoms with Gasteiger partial charge in [0.05, 0.1) is 13.2 Å². The Kier molecular flexibility index (Phi) is 10.1. The van der Waals surface area contributed by atoms with Crippen LogP contribution in [0.25, 0.3) is 5.95 Å². The molecule has 0 fully saturated rings. The number of halogens is 1. The Labute approximate surface area is 233 Å². The Morgan fingerprint density at radius 2 is 1.88 bits per heavy atom. The number of carboxylic acid groups (broad SMARTS) is 1. The van der Waals surface area contributed by atoms with Crippen LogP contribution >= 0.6 is 0 Å². The molecule has 0 bridgehead atoms. The number of aromatic nitrogens is 5. The highest BCUT2D eigenvalue weighted by atomic mass is 19.1. The monoisotopic (exact) mass is 568 g/mol. The molecule has 7 N–H and O–H groups in total. The molecule has 0 aliphatic carbocycles. The van der Waals surface area contributed by atoms with Crippen molar-refractivity contribution >= 4 is 17.5 Å². The summed E-state index contributed by atoms with van der Waals surface area (Å²) in [6.45, 7) is 2.45. The Balaban J connectivity index is 0.00000108. The van der Waals surface area contributed by atoms with E-state index in [2.05, 4.69) is 25.4 Å². The van der Waals surface area contributed by atoms with Gasteiger partial charge in [0.15, 0.2) is 17.4 Å². The van der Waals surface area contributed by atoms with Crippen LogP contribution in [0.2, 0.25) is 0 Å². The first-order valence-corrected chi connectivity index (χ1v) is 12.1. The summed E-state index contributed by atoms with van der Waals surface area (Å²) in [6, 6.07) is 9.92. The summed E-state index contributed by atoms with van der Waals surface area (Å²) in [6.07, 6.45) is 2.09. The summed E-state index contributed by atoms with van der Waals surface area (Å²) in [5.41, 5.74) is 5.98. The van der Waals surface area contributed by atoms with E-state index in [1.54, 1.807) is 30.3 Å². The number of aliphatic carboxylic acids is 1. The van der Waals surface area contributed by atoms with E-state index < -0.39 is 29.6 Å². The van der Waals surface area contributed by atoms with Crippen molar-refractivity contribution in [3.05, 3.63) is 88.1 Å². The smallest absolute Gasteiger partial charge is 0.350 e. The number of anilines is 1. The van der Waals surface area contributed by atoms with Crippen LogP contribution in [0, 0.1) is 11.2 Å². The maximum absolute atomic E-state index is 15.8. The number of nitrogen functional groups attached to an aromatic ring is 1. The van der Waals surface area contributed by atoms with E-state index in [-0.39, 0.29) is 41.3 Å². The van der Waals surface area contributed by atoms with E-state index >= 15 is 4.39 Å². The number of nitrogens with two attached hydrogens (primary N) is 1. The molecule has 1 unspecified atom stereocenters. The van der Waals surface area contributed by atoms with Gasteiger partial charge in [0.25, 0.3) is 11.9 Å². The highest BCUT2D eigenvalue weighted by Gasteiger charge is 2.27. The number of rotatable bonds is 10. The minimum atomic E-state index is -1.04. The number of methoxy groups -OCH3 is 1. The summed E-state index contributed by atoms with van der Waals surface area (Å²) < 4.78 is 27.6. The Hall–Kier alpha value is -5.31. The molecule has 4 aromatic rings. The highest BCUT2D eigenvalue weighted by molar-refractivity contribution is 5.95. The lowest BCUT2D eigenvalue weighted by Crippen LogP contribution is -2.19. The molecular formula is C26H29FN8O6. The highest BCUT2D eigenvalue weighted by Crippen LogP contribution is 2.35. The summed E-state index contributed by atoms with van der Waals surface area (Å²) in [5, 5.41) is 32.1. The number of aliphatic hydroxyl groups is 1. The molecule has 15 heteroatoms. The summed E-state index contributed by atoms with van der Waals surface area (Å²) in [7, 11) is 1.42. The van der Waals surface area contributed by atoms with Gasteiger partial charge in [0, 0.05) is 42.2 Å². The molecule has 0 aliphatic heterocycles. The second-order valence-electron chi connectivity index (χ2n) is 8.55. The molecule has 0 aliphatic rings. The van der Waals surface area contributed by atoms with Gasteiger partial charge >= 0.3 is 5.69 Å². The third-order valence-electron chi connectivity index (χ3n) is 5.22. The van der Waals surface area contributed by atoms with Crippen molar-refractivity contribution in [2.75, 3.05) is 19.0 Å². The molecule has 0 amide bonds. The third kappa shape index (κ3) is 8.09. The number of aliphatic hydroxyl groups excluding tert-OH is 1. The topological polar surface area (TPSA) is 214 Å². The van der Waals surface area contributed by atoms with Gasteiger partial charge in [-0.3, -0.25) is 15.2 Å². The normalized spacial score (nSPS) is 11.9. The van der Waals surface area contributed by atoms with Crippen molar-refractivity contribution < 1.29 is 28.9 Å². The lowest BCUT2D eigenvalue weighted by atomic mass is 10.0. The number of carboxylic acids is 1. The predicted octanol–water partition coefficient (Wildman–Crippen LogP) is 1.83. The number of aromatic amines is 1. The number of hydrogen-bond acceptors (Lipinski definition) is 10. The van der Waals surface area contributed by atoms with Crippen LogP contribution < -0.4 is 26.2 Å². The molecular weight excluding hydrogens is 539 g/mol. The number of benzene rings is 2. The van der Waals surface area contributed by atoms with Crippen molar-refractivity contribution in [2.24, 2.45) is 5.73 Å². The van der Waals surface area contributed by atoms with E-state index in [0.717, 1.165) is 11.6 Å². The average molecular weight is 569 g/mol. The lowest BCUT2D eigenvalue weighted by molar-refractivity contribution is -0.134. The average Bonchev–Trinajstić information content (AvgIpc) is 3.32. The number of ether oxygens (including phenoxy) is 2. The Morgan fingerprint density at radius 3 is 2.44 bits per heavy atom. The van der Waals surface area contributed by atoms with E-state index in [1.165, 1.54) is 38.6 Å². The largest absolute Gasteiger partial charge is 0.497 e. The van der Waals surface area contributed by atoms with E-state index in [4.69, 9.17) is 30.5 Å². The molecule has 2 heterocycles. The van der Waals surface area contributed by atoms with Gasteiger partial charge < -0.3 is 30.7 Å². The Bertz CT molecular complexity index is 1540.